The number of nitrogens with zero attached hydrogens (tertiary/aromatic N) is 1. The van der Waals surface area contributed by atoms with E-state index in [4.69, 9.17) is 5.73 Å². The van der Waals surface area contributed by atoms with Crippen LogP contribution in [0.2, 0.25) is 0 Å². The Labute approximate surface area is 120 Å². The van der Waals surface area contributed by atoms with Crippen molar-refractivity contribution in [2.45, 2.75) is 24.4 Å². The maximum Gasteiger partial charge on any atom is 0.0406 e. The third-order valence-electron chi connectivity index (χ3n) is 4.85. The van der Waals surface area contributed by atoms with Gasteiger partial charge >= 0.3 is 0 Å². The predicted octanol–water partition coefficient (Wildman–Crippen LogP) is 2.54. The van der Waals surface area contributed by atoms with Gasteiger partial charge in [0.15, 0.2) is 0 Å². The second-order valence-electron chi connectivity index (χ2n) is 6.32. The van der Waals surface area contributed by atoms with Crippen molar-refractivity contribution in [2.75, 3.05) is 13.1 Å². The van der Waals surface area contributed by atoms with Gasteiger partial charge < -0.3 is 5.73 Å². The van der Waals surface area contributed by atoms with Crippen LogP contribution in [0.25, 0.3) is 0 Å². The van der Waals surface area contributed by atoms with Gasteiger partial charge in [0.25, 0.3) is 0 Å². The van der Waals surface area contributed by atoms with Gasteiger partial charge in [0, 0.05) is 31.1 Å². The minimum Gasteiger partial charge on any atom is -0.323 e. The van der Waals surface area contributed by atoms with E-state index in [0.717, 1.165) is 26.1 Å². The maximum absolute atomic E-state index is 6.72. The Hall–Kier alpha value is -1.64. The molecule has 2 aromatic rings. The Kier molecular flexibility index (Phi) is 2.69. The van der Waals surface area contributed by atoms with Crippen molar-refractivity contribution in [3.63, 3.8) is 0 Å². The molecule has 1 heterocycles. The fourth-order valence-electron chi connectivity index (χ4n) is 3.97. The van der Waals surface area contributed by atoms with Gasteiger partial charge in [0.2, 0.25) is 0 Å². The van der Waals surface area contributed by atoms with Crippen LogP contribution in [0.1, 0.15) is 22.6 Å². The van der Waals surface area contributed by atoms with Crippen LogP contribution in [-0.4, -0.2) is 23.5 Å². The molecule has 1 aliphatic carbocycles. The summed E-state index contributed by atoms with van der Waals surface area (Å²) in [5.74, 6) is 0.502. The van der Waals surface area contributed by atoms with E-state index in [-0.39, 0.29) is 5.54 Å². The number of fused-ring (bicyclic) bond motifs is 3. The lowest BCUT2D eigenvalue weighted by molar-refractivity contribution is 0.302. The zero-order chi connectivity index (χ0) is 13.6. The van der Waals surface area contributed by atoms with E-state index >= 15 is 0 Å². The molecule has 0 saturated carbocycles. The first kappa shape index (κ1) is 12.1. The highest BCUT2D eigenvalue weighted by Crippen LogP contribution is 2.44. The molecule has 4 rings (SSSR count). The summed E-state index contributed by atoms with van der Waals surface area (Å²) < 4.78 is 0. The molecule has 0 unspecified atom stereocenters. The molecule has 2 N–H and O–H groups in total. The Balaban J connectivity index is 1.57. The standard InChI is InChI=1S/C18H20N2/c19-18-10-15-8-4-5-9-16(15)17(18)12-20(13-18)11-14-6-2-1-3-7-14/h1-9,17H,10-13,19H2/t17-,18-/m0/s1. The molecule has 2 atom stereocenters. The second-order valence-corrected chi connectivity index (χ2v) is 6.32. The van der Waals surface area contributed by atoms with E-state index in [1.165, 1.54) is 16.7 Å². The van der Waals surface area contributed by atoms with Crippen LogP contribution in [0.15, 0.2) is 54.6 Å². The predicted molar refractivity (Wildman–Crippen MR) is 81.5 cm³/mol. The van der Waals surface area contributed by atoms with Gasteiger partial charge in [-0.15, -0.1) is 0 Å². The number of nitrogens with two attached hydrogens (primary N) is 1. The first-order chi connectivity index (χ1) is 9.74. The van der Waals surface area contributed by atoms with Crippen molar-refractivity contribution in [3.05, 3.63) is 71.3 Å². The molecule has 0 aromatic heterocycles. The molecule has 2 aromatic carbocycles. The minimum atomic E-state index is -0.0571. The molecule has 1 aliphatic heterocycles. The Morgan fingerprint density at radius 3 is 2.65 bits per heavy atom. The molecule has 2 heteroatoms. The Morgan fingerprint density at radius 1 is 1.05 bits per heavy atom. The summed E-state index contributed by atoms with van der Waals surface area (Å²) in [6.07, 6.45) is 1.03. The summed E-state index contributed by atoms with van der Waals surface area (Å²) in [5.41, 5.74) is 11.0. The van der Waals surface area contributed by atoms with Gasteiger partial charge in [-0.3, -0.25) is 4.90 Å². The average Bonchev–Trinajstić information content (AvgIpc) is 2.89. The maximum atomic E-state index is 6.72. The van der Waals surface area contributed by atoms with Crippen molar-refractivity contribution in [1.82, 2.24) is 4.90 Å². The van der Waals surface area contributed by atoms with Gasteiger partial charge in [-0.05, 0) is 23.1 Å². The summed E-state index contributed by atoms with van der Waals surface area (Å²) >= 11 is 0. The number of hydrogen-bond donors (Lipinski definition) is 1. The van der Waals surface area contributed by atoms with Crippen LogP contribution < -0.4 is 5.73 Å². The minimum absolute atomic E-state index is 0.0571. The first-order valence-electron chi connectivity index (χ1n) is 7.38. The zero-order valence-electron chi connectivity index (χ0n) is 11.6. The third kappa shape index (κ3) is 1.88. The Bertz CT molecular complexity index is 622. The van der Waals surface area contributed by atoms with E-state index in [2.05, 4.69) is 59.5 Å². The normalized spacial score (nSPS) is 28.4. The number of likely N-dealkylation sites (tertiary alicyclic amines) is 1. The van der Waals surface area contributed by atoms with Crippen molar-refractivity contribution in [2.24, 2.45) is 5.73 Å². The number of rotatable bonds is 2. The molecule has 0 amide bonds. The summed E-state index contributed by atoms with van der Waals surface area (Å²) in [4.78, 5) is 2.51. The largest absolute Gasteiger partial charge is 0.323 e. The lowest BCUT2D eigenvalue weighted by Gasteiger charge is -2.23. The zero-order valence-corrected chi connectivity index (χ0v) is 11.6. The quantitative estimate of drug-likeness (QED) is 0.903. The fraction of sp³-hybridized carbons (Fsp3) is 0.333. The lowest BCUT2D eigenvalue weighted by atomic mass is 9.89. The highest BCUT2D eigenvalue weighted by Gasteiger charge is 2.49. The van der Waals surface area contributed by atoms with Crippen LogP contribution in [0.4, 0.5) is 0 Å². The molecule has 2 nitrogen and oxygen atoms in total. The summed E-state index contributed by atoms with van der Waals surface area (Å²) in [7, 11) is 0. The van der Waals surface area contributed by atoms with Crippen molar-refractivity contribution < 1.29 is 0 Å². The number of hydrogen-bond acceptors (Lipinski definition) is 2. The molecule has 20 heavy (non-hydrogen) atoms. The summed E-state index contributed by atoms with van der Waals surface area (Å²) in [6, 6.07) is 19.5. The van der Waals surface area contributed by atoms with Crippen LogP contribution in [0, 0.1) is 0 Å². The van der Waals surface area contributed by atoms with Gasteiger partial charge in [-0.2, -0.15) is 0 Å². The molecule has 102 valence electrons. The average molecular weight is 264 g/mol. The molecule has 1 saturated heterocycles. The molecule has 0 spiro atoms. The van der Waals surface area contributed by atoms with Crippen LogP contribution >= 0.6 is 0 Å². The summed E-state index contributed by atoms with van der Waals surface area (Å²) in [6.45, 7) is 3.10. The topological polar surface area (TPSA) is 29.3 Å². The SMILES string of the molecule is N[C@]12Cc3ccccc3[C@@H]1CN(Cc1ccccc1)C2. The molecule has 1 fully saturated rings. The van der Waals surface area contributed by atoms with Crippen molar-refractivity contribution >= 4 is 0 Å². The van der Waals surface area contributed by atoms with Gasteiger partial charge in [-0.25, -0.2) is 0 Å². The monoisotopic (exact) mass is 264 g/mol. The molecule has 2 aliphatic rings. The van der Waals surface area contributed by atoms with Crippen molar-refractivity contribution in [3.8, 4) is 0 Å². The van der Waals surface area contributed by atoms with Crippen molar-refractivity contribution in [1.29, 1.82) is 0 Å². The van der Waals surface area contributed by atoms with E-state index in [9.17, 15) is 0 Å². The highest BCUT2D eigenvalue weighted by atomic mass is 15.2. The first-order valence-corrected chi connectivity index (χ1v) is 7.38. The lowest BCUT2D eigenvalue weighted by Crippen LogP contribution is -2.45. The van der Waals surface area contributed by atoms with E-state index in [1.54, 1.807) is 0 Å². The van der Waals surface area contributed by atoms with E-state index in [1.807, 2.05) is 0 Å². The molecule has 0 radical (unpaired) electrons. The van der Waals surface area contributed by atoms with Crippen LogP contribution in [0.5, 0.6) is 0 Å². The van der Waals surface area contributed by atoms with Gasteiger partial charge in [0.05, 0.1) is 0 Å². The summed E-state index contributed by atoms with van der Waals surface area (Å²) in [5, 5.41) is 0. The van der Waals surface area contributed by atoms with Crippen LogP contribution in [0.3, 0.4) is 0 Å². The molecule has 0 bridgehead atoms. The Morgan fingerprint density at radius 2 is 1.80 bits per heavy atom. The highest BCUT2D eigenvalue weighted by molar-refractivity contribution is 5.42. The van der Waals surface area contributed by atoms with Crippen LogP contribution in [-0.2, 0) is 13.0 Å². The third-order valence-corrected chi connectivity index (χ3v) is 4.85. The van der Waals surface area contributed by atoms with E-state index in [0.29, 0.717) is 5.92 Å². The number of benzene rings is 2. The second kappa shape index (κ2) is 4.44. The molecular weight excluding hydrogens is 244 g/mol. The molecular formula is C18H20N2. The fourth-order valence-corrected chi connectivity index (χ4v) is 3.97. The smallest absolute Gasteiger partial charge is 0.0406 e. The van der Waals surface area contributed by atoms with Gasteiger partial charge in [-0.1, -0.05) is 54.6 Å². The van der Waals surface area contributed by atoms with E-state index < -0.39 is 0 Å². The van der Waals surface area contributed by atoms with Gasteiger partial charge in [0.1, 0.15) is 0 Å².